The average molecular weight is 515 g/mol. The number of carbonyl (C=O) groups is 1. The Labute approximate surface area is 217 Å². The smallest absolute Gasteiger partial charge is 0.407 e. The second-order valence-electron chi connectivity index (χ2n) is 11.2. The normalized spacial score (nSPS) is 19.9. The molecule has 0 bridgehead atoms. The molecule has 0 unspecified atom stereocenters. The van der Waals surface area contributed by atoms with E-state index >= 15 is 0 Å². The number of rotatable bonds is 10. The fourth-order valence-corrected chi connectivity index (χ4v) is 5.39. The highest BCUT2D eigenvalue weighted by Crippen LogP contribution is 2.48. The van der Waals surface area contributed by atoms with Gasteiger partial charge in [-0.05, 0) is 49.1 Å². The lowest BCUT2D eigenvalue weighted by atomic mass is 9.73. The first kappa shape index (κ1) is 26.6. The van der Waals surface area contributed by atoms with E-state index in [9.17, 15) is 9.90 Å². The van der Waals surface area contributed by atoms with Crippen molar-refractivity contribution in [2.24, 2.45) is 5.41 Å². The van der Waals surface area contributed by atoms with Crippen LogP contribution in [0.25, 0.3) is 0 Å². The van der Waals surface area contributed by atoms with E-state index in [0.717, 1.165) is 42.5 Å². The van der Waals surface area contributed by atoms with Crippen molar-refractivity contribution in [1.82, 2.24) is 20.6 Å². The average Bonchev–Trinajstić information content (AvgIpc) is 3.32. The molecular formula is C27H38N4O4S. The Morgan fingerprint density at radius 1 is 1.42 bits per heavy atom. The second-order valence-corrected chi connectivity index (χ2v) is 12.1. The number of aliphatic hydroxyl groups is 1. The molecule has 1 aliphatic carbocycles. The van der Waals surface area contributed by atoms with E-state index < -0.39 is 18.2 Å². The first-order valence-electron chi connectivity index (χ1n) is 12.7. The van der Waals surface area contributed by atoms with Crippen LogP contribution in [-0.4, -0.2) is 45.5 Å². The van der Waals surface area contributed by atoms with Gasteiger partial charge in [-0.1, -0.05) is 26.8 Å². The minimum atomic E-state index is -0.826. The maximum absolute atomic E-state index is 12.3. The van der Waals surface area contributed by atoms with Crippen LogP contribution in [0.3, 0.4) is 0 Å². The minimum Gasteiger partial charge on any atom is -0.471 e. The Kier molecular flexibility index (Phi) is 8.32. The minimum absolute atomic E-state index is 0.0128. The molecule has 3 atom stereocenters. The van der Waals surface area contributed by atoms with E-state index in [1.54, 1.807) is 17.8 Å². The van der Waals surface area contributed by atoms with Gasteiger partial charge in [0.2, 0.25) is 5.88 Å². The van der Waals surface area contributed by atoms with Crippen molar-refractivity contribution < 1.29 is 19.4 Å². The summed E-state index contributed by atoms with van der Waals surface area (Å²) in [6.07, 6.45) is 9.25. The van der Waals surface area contributed by atoms with Gasteiger partial charge < -0.3 is 25.2 Å². The Hall–Kier alpha value is -2.49. The summed E-state index contributed by atoms with van der Waals surface area (Å²) >= 11 is 1.42. The number of thiazole rings is 1. The van der Waals surface area contributed by atoms with E-state index in [0.29, 0.717) is 18.8 Å². The number of fused-ring (bicyclic) bond motifs is 1. The number of aliphatic hydroxyl groups excluding tert-OH is 1. The fourth-order valence-electron chi connectivity index (χ4n) is 4.89. The van der Waals surface area contributed by atoms with Crippen LogP contribution >= 0.6 is 11.3 Å². The Balaban J connectivity index is 1.40. The third-order valence-corrected chi connectivity index (χ3v) is 7.54. The highest BCUT2D eigenvalue weighted by Gasteiger charge is 2.46. The van der Waals surface area contributed by atoms with Crippen LogP contribution in [0.15, 0.2) is 36.6 Å². The SMILES string of the molecule is C=CC[C@H](NC(=O)OCc1cncs1)[C@H](O)CN[C@H]1CC2(CCC2)Oc2ncc(CC(C)(C)C)cc21. The van der Waals surface area contributed by atoms with Crippen LogP contribution in [0, 0.1) is 5.41 Å². The van der Waals surface area contributed by atoms with E-state index in [-0.39, 0.29) is 23.7 Å². The number of hydrogen-bond donors (Lipinski definition) is 3. The molecule has 0 radical (unpaired) electrons. The van der Waals surface area contributed by atoms with Crippen molar-refractivity contribution in [2.75, 3.05) is 6.54 Å². The van der Waals surface area contributed by atoms with Gasteiger partial charge in [-0.2, -0.15) is 0 Å². The van der Waals surface area contributed by atoms with Gasteiger partial charge in [0.05, 0.1) is 22.5 Å². The van der Waals surface area contributed by atoms with Gasteiger partial charge >= 0.3 is 6.09 Å². The van der Waals surface area contributed by atoms with E-state index in [1.165, 1.54) is 16.9 Å². The van der Waals surface area contributed by atoms with Crippen molar-refractivity contribution in [2.45, 2.75) is 89.7 Å². The number of carbonyl (C=O) groups excluding carboxylic acids is 1. The predicted molar refractivity (Wildman–Crippen MR) is 140 cm³/mol. The summed E-state index contributed by atoms with van der Waals surface area (Å²) in [5.41, 5.74) is 3.89. The molecular weight excluding hydrogens is 476 g/mol. The number of aromatic nitrogens is 2. The molecule has 0 saturated heterocycles. The number of alkyl carbamates (subject to hydrolysis) is 1. The molecule has 1 amide bonds. The molecule has 2 aromatic heterocycles. The van der Waals surface area contributed by atoms with Crippen LogP contribution in [0.2, 0.25) is 0 Å². The summed E-state index contributed by atoms with van der Waals surface area (Å²) in [6.45, 7) is 10.9. The molecule has 8 nitrogen and oxygen atoms in total. The summed E-state index contributed by atoms with van der Waals surface area (Å²) in [4.78, 5) is 21.9. The van der Waals surface area contributed by atoms with Gasteiger partial charge in [0, 0.05) is 37.0 Å². The molecule has 3 N–H and O–H groups in total. The molecule has 4 rings (SSSR count). The van der Waals surface area contributed by atoms with E-state index in [1.807, 2.05) is 6.20 Å². The third kappa shape index (κ3) is 6.83. The molecule has 2 aliphatic rings. The molecule has 1 saturated carbocycles. The van der Waals surface area contributed by atoms with Gasteiger partial charge in [0.15, 0.2) is 0 Å². The highest BCUT2D eigenvalue weighted by atomic mass is 32.1. The molecule has 9 heteroatoms. The van der Waals surface area contributed by atoms with E-state index in [2.05, 4.69) is 54.0 Å². The number of amides is 1. The number of pyridine rings is 1. The van der Waals surface area contributed by atoms with Crippen molar-refractivity contribution in [3.05, 3.63) is 52.6 Å². The van der Waals surface area contributed by atoms with Gasteiger partial charge in [-0.15, -0.1) is 17.9 Å². The maximum atomic E-state index is 12.3. The summed E-state index contributed by atoms with van der Waals surface area (Å²) in [5, 5.41) is 17.3. The van der Waals surface area contributed by atoms with Crippen LogP contribution in [0.4, 0.5) is 4.79 Å². The van der Waals surface area contributed by atoms with Gasteiger partial charge in [0.25, 0.3) is 0 Å². The lowest BCUT2D eigenvalue weighted by Gasteiger charge is -2.47. The zero-order valence-electron chi connectivity index (χ0n) is 21.5. The highest BCUT2D eigenvalue weighted by molar-refractivity contribution is 7.09. The summed E-state index contributed by atoms with van der Waals surface area (Å²) < 4.78 is 11.7. The topological polar surface area (TPSA) is 106 Å². The summed E-state index contributed by atoms with van der Waals surface area (Å²) in [7, 11) is 0. The first-order valence-corrected chi connectivity index (χ1v) is 13.6. The third-order valence-electron chi connectivity index (χ3n) is 6.79. The van der Waals surface area contributed by atoms with Gasteiger partial charge in [0.1, 0.15) is 12.2 Å². The van der Waals surface area contributed by atoms with Crippen molar-refractivity contribution in [1.29, 1.82) is 0 Å². The summed E-state index contributed by atoms with van der Waals surface area (Å²) in [5.74, 6) is 0.693. The summed E-state index contributed by atoms with van der Waals surface area (Å²) in [6, 6.07) is 1.68. The lowest BCUT2D eigenvalue weighted by molar-refractivity contribution is -0.0421. The molecule has 36 heavy (non-hydrogen) atoms. The van der Waals surface area contributed by atoms with Crippen molar-refractivity contribution in [3.63, 3.8) is 0 Å². The largest absolute Gasteiger partial charge is 0.471 e. The number of hydrogen-bond acceptors (Lipinski definition) is 8. The standard InChI is InChI=1S/C27H38N4O4S/c1-5-7-21(31-25(33)34-16-19-14-28-17-36-19)23(32)15-29-22-12-27(8-6-9-27)35-24-20(22)10-18(13-30-24)11-26(2,3)4/h5,10,13-14,17,21-23,29,32H,1,6-9,11-12,15-16H2,2-4H3,(H,31,33)/t21-,22-,23+/m0/s1. The molecule has 0 aromatic carbocycles. The number of nitrogens with one attached hydrogen (secondary N) is 2. The lowest BCUT2D eigenvalue weighted by Crippen LogP contribution is -2.52. The molecule has 1 aliphatic heterocycles. The van der Waals surface area contributed by atoms with Crippen molar-refractivity contribution >= 4 is 17.4 Å². The van der Waals surface area contributed by atoms with Gasteiger partial charge in [-0.25, -0.2) is 9.78 Å². The quantitative estimate of drug-likeness (QED) is 0.395. The molecule has 1 spiro atoms. The predicted octanol–water partition coefficient (Wildman–Crippen LogP) is 4.69. The Morgan fingerprint density at radius 2 is 2.22 bits per heavy atom. The Morgan fingerprint density at radius 3 is 2.86 bits per heavy atom. The molecule has 3 heterocycles. The van der Waals surface area contributed by atoms with Gasteiger partial charge in [-0.3, -0.25) is 4.98 Å². The number of nitrogens with zero attached hydrogens (tertiary/aromatic N) is 2. The van der Waals surface area contributed by atoms with Crippen molar-refractivity contribution in [3.8, 4) is 5.88 Å². The maximum Gasteiger partial charge on any atom is 0.407 e. The zero-order chi connectivity index (χ0) is 25.8. The fraction of sp³-hybridized carbons (Fsp3) is 0.593. The van der Waals surface area contributed by atoms with E-state index in [4.69, 9.17) is 9.47 Å². The van der Waals surface area contributed by atoms with Crippen LogP contribution in [0.5, 0.6) is 5.88 Å². The monoisotopic (exact) mass is 514 g/mol. The molecule has 2 aromatic rings. The first-order chi connectivity index (χ1) is 17.2. The van der Waals surface area contributed by atoms with Crippen LogP contribution in [0.1, 0.15) is 74.9 Å². The zero-order valence-corrected chi connectivity index (χ0v) is 22.3. The molecule has 196 valence electrons. The number of ether oxygens (including phenoxy) is 2. The van der Waals surface area contributed by atoms with Crippen LogP contribution < -0.4 is 15.4 Å². The Bertz CT molecular complexity index is 1030. The second kappa shape index (κ2) is 11.3. The molecule has 1 fully saturated rings. The van der Waals surface area contributed by atoms with Crippen LogP contribution in [-0.2, 0) is 17.8 Å².